The van der Waals surface area contributed by atoms with Crippen molar-refractivity contribution in [2.75, 3.05) is 0 Å². The molecular formula is C64H132S2Sn2. The van der Waals surface area contributed by atoms with E-state index in [4.69, 9.17) is 0 Å². The van der Waals surface area contributed by atoms with Gasteiger partial charge in [0.2, 0.25) is 0 Å². The van der Waals surface area contributed by atoms with Gasteiger partial charge in [0.1, 0.15) is 0 Å². The van der Waals surface area contributed by atoms with Gasteiger partial charge in [-0.3, -0.25) is 0 Å². The minimum absolute atomic E-state index is 1.38. The molecule has 0 atom stereocenters. The summed E-state index contributed by atoms with van der Waals surface area (Å²) in [6.45, 7) is 9.35. The van der Waals surface area contributed by atoms with Crippen LogP contribution in [0, 0.1) is 0 Å². The van der Waals surface area contributed by atoms with Crippen LogP contribution in [0.5, 0.6) is 0 Å². The van der Waals surface area contributed by atoms with Gasteiger partial charge in [0, 0.05) is 0 Å². The van der Waals surface area contributed by atoms with E-state index in [-0.39, 0.29) is 0 Å². The first-order valence-corrected chi connectivity index (χ1v) is 56.7. The molecule has 0 aromatic heterocycles. The second-order valence-corrected chi connectivity index (χ2v) is 91.3. The van der Waals surface area contributed by atoms with E-state index in [0.29, 0.717) is 0 Å². The number of unbranched alkanes of at least 4 members (excludes halogenated alkanes) is 52. The maximum absolute atomic E-state index is 2.99. The molecule has 1 fully saturated rings. The van der Waals surface area contributed by atoms with E-state index in [9.17, 15) is 0 Å². The Morgan fingerprint density at radius 3 is 0.368 bits per heavy atom. The molecule has 1 rings (SSSR count). The first-order valence-electron chi connectivity index (χ1n) is 33.1. The Kier molecular flexibility index (Phi) is 55.8. The Bertz CT molecular complexity index is 795. The first kappa shape index (κ1) is 68.3. The molecule has 0 nitrogen and oxygen atoms in total. The van der Waals surface area contributed by atoms with Gasteiger partial charge < -0.3 is 0 Å². The summed E-state index contributed by atoms with van der Waals surface area (Å²) in [5, 5.41) is 0. The van der Waals surface area contributed by atoms with Crippen LogP contribution in [0.1, 0.15) is 387 Å². The zero-order valence-corrected chi connectivity index (χ0v) is 55.6. The summed E-state index contributed by atoms with van der Waals surface area (Å²) in [7, 11) is 0. The van der Waals surface area contributed by atoms with Crippen LogP contribution in [0.3, 0.4) is 0 Å². The third kappa shape index (κ3) is 45.7. The summed E-state index contributed by atoms with van der Waals surface area (Å²) in [5.74, 6) is 0. The molecule has 0 aliphatic carbocycles. The Morgan fingerprint density at radius 1 is 0.147 bits per heavy atom. The zero-order chi connectivity index (χ0) is 48.8. The van der Waals surface area contributed by atoms with E-state index < -0.39 is 31.2 Å². The first-order chi connectivity index (χ1) is 33.7. The molecular weight excluding hydrogens is 1070 g/mol. The van der Waals surface area contributed by atoms with Crippen molar-refractivity contribution in [1.82, 2.24) is 0 Å². The molecule has 1 aliphatic heterocycles. The number of hydrogen-bond donors (Lipinski definition) is 0. The van der Waals surface area contributed by atoms with Gasteiger partial charge in [-0.2, -0.15) is 0 Å². The molecule has 4 heteroatoms. The van der Waals surface area contributed by atoms with Crippen LogP contribution in [0.15, 0.2) is 0 Å². The average Bonchev–Trinajstić information content (AvgIpc) is 3.33. The van der Waals surface area contributed by atoms with Gasteiger partial charge in [0.25, 0.3) is 0 Å². The Balaban J connectivity index is 2.59. The predicted molar refractivity (Wildman–Crippen MR) is 327 cm³/mol. The van der Waals surface area contributed by atoms with Crippen molar-refractivity contribution in [3.8, 4) is 0 Å². The van der Waals surface area contributed by atoms with Gasteiger partial charge >= 0.3 is 344 Å². The molecule has 0 radical (unpaired) electrons. The van der Waals surface area contributed by atoms with Crippen molar-refractivity contribution < 1.29 is 0 Å². The van der Waals surface area contributed by atoms with E-state index in [1.807, 2.05) is 0 Å². The quantitative estimate of drug-likeness (QED) is 0.0440. The van der Waals surface area contributed by atoms with Crippen LogP contribution in [-0.2, 0) is 0 Å². The monoisotopic (exact) mass is 1200 g/mol. The van der Waals surface area contributed by atoms with Crippen LogP contribution < -0.4 is 0 Å². The van der Waals surface area contributed by atoms with E-state index in [1.54, 1.807) is 94.8 Å². The van der Waals surface area contributed by atoms with Crippen LogP contribution in [0.2, 0.25) is 17.7 Å². The Labute approximate surface area is 444 Å². The van der Waals surface area contributed by atoms with Crippen molar-refractivity contribution in [2.45, 2.75) is 405 Å². The fraction of sp³-hybridized carbons (Fsp3) is 1.00. The van der Waals surface area contributed by atoms with Gasteiger partial charge in [0.05, 0.1) is 0 Å². The van der Waals surface area contributed by atoms with E-state index in [1.165, 1.54) is 283 Å². The fourth-order valence-electron chi connectivity index (χ4n) is 11.7. The van der Waals surface area contributed by atoms with Gasteiger partial charge in [0.15, 0.2) is 0 Å². The normalized spacial score (nSPS) is 14.3. The molecule has 0 amide bonds. The van der Waals surface area contributed by atoms with E-state index >= 15 is 0 Å². The molecule has 0 spiro atoms. The van der Waals surface area contributed by atoms with Gasteiger partial charge in [-0.15, -0.1) is 0 Å². The average molecular weight is 1200 g/mol. The molecule has 0 bridgehead atoms. The summed E-state index contributed by atoms with van der Waals surface area (Å²) in [6.07, 6.45) is 90.3. The summed E-state index contributed by atoms with van der Waals surface area (Å²) >= 11 is -4.19. The molecule has 0 saturated carbocycles. The molecule has 1 aliphatic rings. The third-order valence-electron chi connectivity index (χ3n) is 16.4. The van der Waals surface area contributed by atoms with Gasteiger partial charge in [-0.05, 0) is 0 Å². The molecule has 0 aromatic rings. The van der Waals surface area contributed by atoms with Gasteiger partial charge in [-0.1, -0.05) is 105 Å². The zero-order valence-electron chi connectivity index (χ0n) is 48.2. The molecule has 0 unspecified atom stereocenters. The van der Waals surface area contributed by atoms with E-state index in [2.05, 4.69) is 40.0 Å². The molecule has 0 N–H and O–H groups in total. The predicted octanol–water partition coefficient (Wildman–Crippen LogP) is 26.3. The molecule has 408 valence electrons. The van der Waals surface area contributed by atoms with Gasteiger partial charge in [-0.25, -0.2) is 0 Å². The summed E-state index contributed by atoms with van der Waals surface area (Å²) in [4.78, 5) is 0. The SMILES string of the molecule is CCCCCCCCCCCCCCC[CH2][Sn]1([CH2]CCCCCCCCCCCCCCC)[S][Sn]([CH2]CCCCCCCCCCCCCCC)([CH2]CCCCCCCCCCCCCCC)[S]1. The van der Waals surface area contributed by atoms with Crippen molar-refractivity contribution in [2.24, 2.45) is 0 Å². The topological polar surface area (TPSA) is 0 Å². The van der Waals surface area contributed by atoms with Crippen molar-refractivity contribution in [1.29, 1.82) is 0 Å². The Morgan fingerprint density at radius 2 is 0.250 bits per heavy atom. The number of rotatable bonds is 60. The summed E-state index contributed by atoms with van der Waals surface area (Å²) < 4.78 is 7.04. The summed E-state index contributed by atoms with van der Waals surface area (Å²) in [6, 6.07) is 0. The van der Waals surface area contributed by atoms with Crippen molar-refractivity contribution in [3.63, 3.8) is 0 Å². The number of hydrogen-bond acceptors (Lipinski definition) is 2. The second kappa shape index (κ2) is 55.5. The molecule has 68 heavy (non-hydrogen) atoms. The summed E-state index contributed by atoms with van der Waals surface area (Å²) in [5.41, 5.74) is 0. The fourth-order valence-corrected chi connectivity index (χ4v) is 251. The molecule has 0 aromatic carbocycles. The Hall–Kier alpha value is 2.30. The van der Waals surface area contributed by atoms with Crippen LogP contribution in [0.4, 0.5) is 0 Å². The van der Waals surface area contributed by atoms with Crippen LogP contribution in [0.25, 0.3) is 0 Å². The van der Waals surface area contributed by atoms with E-state index in [0.717, 1.165) is 0 Å². The van der Waals surface area contributed by atoms with Crippen LogP contribution >= 0.6 is 12.3 Å². The molecule has 1 saturated heterocycles. The second-order valence-electron chi connectivity index (χ2n) is 23.4. The minimum atomic E-state index is -2.10. The standard InChI is InChI=1S/4C16H33.2S.2Sn/c4*1-3-5-7-9-11-13-15-16-14-12-10-8-6-4-2;;;;/h4*1,3-16H2,2H3;;;;. The maximum atomic E-state index is 2.99. The van der Waals surface area contributed by atoms with Crippen LogP contribution in [-0.4, -0.2) is 31.2 Å². The van der Waals surface area contributed by atoms with Crippen molar-refractivity contribution >= 4 is 43.5 Å². The molecule has 1 heterocycles. The van der Waals surface area contributed by atoms with Crippen molar-refractivity contribution in [3.05, 3.63) is 0 Å². The third-order valence-corrected chi connectivity index (χ3v) is 185.